The number of anilines is 1. The van der Waals surface area contributed by atoms with Crippen molar-refractivity contribution in [2.75, 3.05) is 11.9 Å². The molecular weight excluding hydrogens is 318 g/mol. The molecule has 0 unspecified atom stereocenters. The van der Waals surface area contributed by atoms with Crippen molar-refractivity contribution in [3.63, 3.8) is 0 Å². The summed E-state index contributed by atoms with van der Waals surface area (Å²) in [6, 6.07) is 10.7. The average Bonchev–Trinajstić information content (AvgIpc) is 3.09. The molecule has 0 aliphatic carbocycles. The predicted molar refractivity (Wildman–Crippen MR) is 94.5 cm³/mol. The molecule has 1 aromatic heterocycles. The van der Waals surface area contributed by atoms with Gasteiger partial charge in [0.25, 0.3) is 0 Å². The summed E-state index contributed by atoms with van der Waals surface area (Å²) in [5.41, 5.74) is 1.74. The number of ether oxygens (including phenoxy) is 1. The number of aryl methyl sites for hydroxylation is 1. The van der Waals surface area contributed by atoms with Gasteiger partial charge in [0.15, 0.2) is 0 Å². The number of aromatic nitrogens is 1. The Bertz CT molecular complexity index is 756. The van der Waals surface area contributed by atoms with E-state index in [4.69, 9.17) is 4.74 Å². The van der Waals surface area contributed by atoms with Crippen LogP contribution in [0.2, 0.25) is 0 Å². The molecule has 0 saturated carbocycles. The van der Waals surface area contributed by atoms with Crippen LogP contribution in [-0.2, 0) is 9.59 Å². The number of likely N-dealkylation sites (tertiary alicyclic amines) is 1. The van der Waals surface area contributed by atoms with Gasteiger partial charge in [-0.25, -0.2) is 4.98 Å². The highest BCUT2D eigenvalue weighted by atomic mass is 16.5. The van der Waals surface area contributed by atoms with Gasteiger partial charge in [-0.05, 0) is 38.0 Å². The van der Waals surface area contributed by atoms with Crippen LogP contribution in [0.5, 0.6) is 11.6 Å². The molecule has 6 nitrogen and oxygen atoms in total. The van der Waals surface area contributed by atoms with Crippen LogP contribution in [-0.4, -0.2) is 34.3 Å². The third-order valence-electron chi connectivity index (χ3n) is 4.21. The van der Waals surface area contributed by atoms with Crippen LogP contribution >= 0.6 is 0 Å². The maximum absolute atomic E-state index is 12.4. The Hall–Kier alpha value is -2.89. The minimum atomic E-state index is -0.402. The minimum Gasteiger partial charge on any atom is -0.439 e. The number of hydrogen-bond donors (Lipinski definition) is 1. The Morgan fingerprint density at radius 3 is 2.60 bits per heavy atom. The molecule has 0 bridgehead atoms. The fraction of sp³-hybridized carbons (Fsp3) is 0.316. The number of carbonyl (C=O) groups is 2. The highest BCUT2D eigenvalue weighted by Gasteiger charge is 2.32. The van der Waals surface area contributed by atoms with Gasteiger partial charge in [0.2, 0.25) is 17.7 Å². The number of rotatable bonds is 4. The quantitative estimate of drug-likeness (QED) is 0.929. The maximum atomic E-state index is 12.4. The van der Waals surface area contributed by atoms with Crippen molar-refractivity contribution in [1.29, 1.82) is 0 Å². The maximum Gasteiger partial charge on any atom is 0.247 e. The third-order valence-corrected chi connectivity index (χ3v) is 4.21. The first-order chi connectivity index (χ1) is 12.0. The molecule has 2 heterocycles. The van der Waals surface area contributed by atoms with Crippen molar-refractivity contribution < 1.29 is 14.3 Å². The molecule has 1 fully saturated rings. The van der Waals surface area contributed by atoms with E-state index in [-0.39, 0.29) is 11.8 Å². The van der Waals surface area contributed by atoms with Crippen LogP contribution in [0.25, 0.3) is 0 Å². The molecule has 1 aliphatic rings. The molecule has 6 heteroatoms. The lowest BCUT2D eigenvalue weighted by atomic mass is 10.2. The van der Waals surface area contributed by atoms with E-state index >= 15 is 0 Å². The Morgan fingerprint density at radius 2 is 1.96 bits per heavy atom. The van der Waals surface area contributed by atoms with E-state index in [1.807, 2.05) is 31.2 Å². The summed E-state index contributed by atoms with van der Waals surface area (Å²) in [4.78, 5) is 29.8. The standard InChI is InChI=1S/C19H21N3O3/c1-13-5-8-16(9-6-13)25-18-10-7-15(12-20-18)21-19(24)17-4-3-11-22(17)14(2)23/h5-10,12,17H,3-4,11H2,1-2H3,(H,21,24)/t17-/m0/s1. The molecule has 1 saturated heterocycles. The van der Waals surface area contributed by atoms with Crippen LogP contribution in [0, 0.1) is 6.92 Å². The molecule has 1 atom stereocenters. The van der Waals surface area contributed by atoms with E-state index in [2.05, 4.69) is 10.3 Å². The molecular formula is C19H21N3O3. The number of nitrogens with zero attached hydrogens (tertiary/aromatic N) is 2. The summed E-state index contributed by atoms with van der Waals surface area (Å²) in [7, 11) is 0. The van der Waals surface area contributed by atoms with Crippen molar-refractivity contribution in [2.45, 2.75) is 32.7 Å². The lowest BCUT2D eigenvalue weighted by Crippen LogP contribution is -2.42. The highest BCUT2D eigenvalue weighted by Crippen LogP contribution is 2.22. The number of carbonyl (C=O) groups excluding carboxylic acids is 2. The fourth-order valence-electron chi connectivity index (χ4n) is 2.88. The van der Waals surface area contributed by atoms with Crippen LogP contribution in [0.15, 0.2) is 42.6 Å². The Balaban J connectivity index is 1.61. The van der Waals surface area contributed by atoms with Crippen molar-refractivity contribution in [1.82, 2.24) is 9.88 Å². The second kappa shape index (κ2) is 7.34. The van der Waals surface area contributed by atoms with Gasteiger partial charge in [-0.1, -0.05) is 17.7 Å². The van der Waals surface area contributed by atoms with Gasteiger partial charge in [-0.15, -0.1) is 0 Å². The monoisotopic (exact) mass is 339 g/mol. The van der Waals surface area contributed by atoms with Gasteiger partial charge in [0.05, 0.1) is 11.9 Å². The second-order valence-electron chi connectivity index (χ2n) is 6.16. The molecule has 1 aromatic carbocycles. The van der Waals surface area contributed by atoms with E-state index in [9.17, 15) is 9.59 Å². The normalized spacial score (nSPS) is 16.6. The van der Waals surface area contributed by atoms with Gasteiger partial charge in [-0.3, -0.25) is 9.59 Å². The number of hydrogen-bond acceptors (Lipinski definition) is 4. The summed E-state index contributed by atoms with van der Waals surface area (Å²) in [6.45, 7) is 4.14. The fourth-order valence-corrected chi connectivity index (χ4v) is 2.88. The Kier molecular flexibility index (Phi) is 4.97. The summed E-state index contributed by atoms with van der Waals surface area (Å²) in [5, 5.41) is 2.82. The topological polar surface area (TPSA) is 71.5 Å². The second-order valence-corrected chi connectivity index (χ2v) is 6.16. The van der Waals surface area contributed by atoms with Crippen molar-refractivity contribution in [2.24, 2.45) is 0 Å². The summed E-state index contributed by atoms with van der Waals surface area (Å²) >= 11 is 0. The largest absolute Gasteiger partial charge is 0.439 e. The van der Waals surface area contributed by atoms with E-state index in [1.54, 1.807) is 23.2 Å². The van der Waals surface area contributed by atoms with Crippen LogP contribution in [0.4, 0.5) is 5.69 Å². The third kappa shape index (κ3) is 4.15. The summed E-state index contributed by atoms with van der Waals surface area (Å²) in [6.07, 6.45) is 3.08. The van der Waals surface area contributed by atoms with E-state index < -0.39 is 6.04 Å². The zero-order chi connectivity index (χ0) is 17.8. The van der Waals surface area contributed by atoms with E-state index in [0.717, 1.165) is 12.0 Å². The Morgan fingerprint density at radius 1 is 1.20 bits per heavy atom. The zero-order valence-electron chi connectivity index (χ0n) is 14.4. The van der Waals surface area contributed by atoms with E-state index in [1.165, 1.54) is 6.92 Å². The Labute approximate surface area is 146 Å². The van der Waals surface area contributed by atoms with Gasteiger partial charge in [0.1, 0.15) is 11.8 Å². The summed E-state index contributed by atoms with van der Waals surface area (Å²) in [5.74, 6) is 0.908. The van der Waals surface area contributed by atoms with Crippen LogP contribution in [0.3, 0.4) is 0 Å². The SMILES string of the molecule is CC(=O)N1CCC[C@H]1C(=O)Nc1ccc(Oc2ccc(C)cc2)nc1. The number of nitrogens with one attached hydrogen (secondary N) is 1. The van der Waals surface area contributed by atoms with Crippen LogP contribution in [0.1, 0.15) is 25.3 Å². The predicted octanol–water partition coefficient (Wildman–Crippen LogP) is 3.13. The zero-order valence-corrected chi connectivity index (χ0v) is 14.4. The number of benzene rings is 1. The molecule has 3 rings (SSSR count). The van der Waals surface area contributed by atoms with Crippen molar-refractivity contribution in [3.8, 4) is 11.6 Å². The molecule has 1 N–H and O–H groups in total. The van der Waals surface area contributed by atoms with Gasteiger partial charge in [0, 0.05) is 19.5 Å². The number of pyridine rings is 1. The lowest BCUT2D eigenvalue weighted by Gasteiger charge is -2.22. The first kappa shape index (κ1) is 17.0. The van der Waals surface area contributed by atoms with Crippen molar-refractivity contribution in [3.05, 3.63) is 48.2 Å². The average molecular weight is 339 g/mol. The van der Waals surface area contributed by atoms with Gasteiger partial charge < -0.3 is 15.0 Å². The minimum absolute atomic E-state index is 0.0716. The summed E-state index contributed by atoms with van der Waals surface area (Å²) < 4.78 is 5.66. The lowest BCUT2D eigenvalue weighted by molar-refractivity contribution is -0.134. The first-order valence-electron chi connectivity index (χ1n) is 8.31. The molecule has 1 aliphatic heterocycles. The smallest absolute Gasteiger partial charge is 0.247 e. The van der Waals surface area contributed by atoms with E-state index in [0.29, 0.717) is 30.3 Å². The van der Waals surface area contributed by atoms with Crippen molar-refractivity contribution >= 4 is 17.5 Å². The molecule has 130 valence electrons. The molecule has 0 spiro atoms. The van der Waals surface area contributed by atoms with Crippen LogP contribution < -0.4 is 10.1 Å². The number of amides is 2. The molecule has 0 radical (unpaired) electrons. The highest BCUT2D eigenvalue weighted by molar-refractivity contribution is 5.97. The molecule has 2 amide bonds. The van der Waals surface area contributed by atoms with Gasteiger partial charge in [-0.2, -0.15) is 0 Å². The van der Waals surface area contributed by atoms with Gasteiger partial charge >= 0.3 is 0 Å². The molecule has 25 heavy (non-hydrogen) atoms. The molecule has 2 aromatic rings. The first-order valence-corrected chi connectivity index (χ1v) is 8.31.